The molecule has 1 saturated heterocycles. The molecule has 6 aromatic rings. The van der Waals surface area contributed by atoms with E-state index >= 15 is 0 Å². The van der Waals surface area contributed by atoms with E-state index in [9.17, 15) is 49.5 Å². The van der Waals surface area contributed by atoms with E-state index in [2.05, 4.69) is 25.5 Å². The van der Waals surface area contributed by atoms with Gasteiger partial charge in [-0.2, -0.15) is 32.1 Å². The van der Waals surface area contributed by atoms with E-state index in [0.29, 0.717) is 27.7 Å². The lowest BCUT2D eigenvalue weighted by Gasteiger charge is -2.33. The van der Waals surface area contributed by atoms with Crippen molar-refractivity contribution in [2.45, 2.75) is 83.2 Å². The molecule has 2 aliphatic rings. The van der Waals surface area contributed by atoms with Crippen LogP contribution in [0.15, 0.2) is 72.3 Å². The normalized spacial score (nSPS) is 18.5. The first-order chi connectivity index (χ1) is 29.1. The van der Waals surface area contributed by atoms with Crippen molar-refractivity contribution in [3.63, 3.8) is 0 Å². The van der Waals surface area contributed by atoms with E-state index in [1.54, 1.807) is 35.9 Å². The highest BCUT2D eigenvalue weighted by atomic mass is 19.4. The third-order valence-electron chi connectivity index (χ3n) is 11.5. The number of hydrogen-bond acceptors (Lipinski definition) is 7. The fraction of sp³-hybridized carbons (Fsp3) is 0.390. The minimum Gasteiger partial charge on any atom is -0.348 e. The van der Waals surface area contributed by atoms with Crippen LogP contribution < -0.4 is 10.9 Å². The lowest BCUT2D eigenvalue weighted by Crippen LogP contribution is -2.56. The highest BCUT2D eigenvalue weighted by Gasteiger charge is 2.66. The van der Waals surface area contributed by atoms with Gasteiger partial charge in [0.1, 0.15) is 6.04 Å². The van der Waals surface area contributed by atoms with Crippen molar-refractivity contribution in [3.8, 4) is 22.4 Å². The molecule has 21 heteroatoms. The molecule has 2 amide bonds. The molecule has 2 unspecified atom stereocenters. The number of amides is 2. The van der Waals surface area contributed by atoms with Crippen LogP contribution in [0.2, 0.25) is 0 Å². The summed E-state index contributed by atoms with van der Waals surface area (Å²) >= 11 is 0. The molecular formula is C41H38F8N10O3. The van der Waals surface area contributed by atoms with E-state index < -0.39 is 77.5 Å². The third kappa shape index (κ3) is 7.83. The largest absolute Gasteiger partial charge is 0.435 e. The van der Waals surface area contributed by atoms with Crippen molar-refractivity contribution in [3.05, 3.63) is 112 Å². The molecular weight excluding hydrogens is 833 g/mol. The number of alkyl halides is 7. The molecule has 1 aliphatic heterocycles. The monoisotopic (exact) mass is 870 g/mol. The first-order valence-corrected chi connectivity index (χ1v) is 19.3. The van der Waals surface area contributed by atoms with Crippen molar-refractivity contribution in [1.29, 1.82) is 0 Å². The standard InChI is InChI=1S/C41H38F8N10O3/c1-21-16-56-19-25(15-50-38(56)52-21)23-5-6-26(27(10-23)33(43)44)28-13-40(28)7-8-57(36(40)62)31(9-22-14-51-58(17-22)37(45)46)34(60)53-39(2,3)20-59-30(12-32(54-59)41(47,48)49)24-11-29(42)35(61)55(4)18-24/h5-6,10-12,14-19,28,31,33,37H,7-9,13,20H2,1-4H3,(H,53,60)/t28?,31-,40?/m1/s1. The average Bonchev–Trinajstić information content (AvgIpc) is 3.61. The molecule has 5 aromatic heterocycles. The number of carbonyl (C=O) groups excluding carboxylic acids is 2. The lowest BCUT2D eigenvalue weighted by molar-refractivity contribution is -0.141. The van der Waals surface area contributed by atoms with Gasteiger partial charge in [-0.05, 0) is 74.4 Å². The molecule has 1 aromatic carbocycles. The lowest BCUT2D eigenvalue weighted by atomic mass is 9.92. The summed E-state index contributed by atoms with van der Waals surface area (Å²) in [5.74, 6) is -2.70. The van der Waals surface area contributed by atoms with Crippen LogP contribution in [-0.4, -0.2) is 73.3 Å². The molecule has 6 heterocycles. The Hall–Kier alpha value is -6.41. The zero-order chi connectivity index (χ0) is 44.6. The second-order valence-corrected chi connectivity index (χ2v) is 16.5. The third-order valence-corrected chi connectivity index (χ3v) is 11.5. The molecule has 3 atom stereocenters. The highest BCUT2D eigenvalue weighted by Crippen LogP contribution is 2.66. The van der Waals surface area contributed by atoms with Crippen molar-refractivity contribution in [2.24, 2.45) is 12.5 Å². The number of imidazole rings is 1. The van der Waals surface area contributed by atoms with Crippen molar-refractivity contribution >= 4 is 17.6 Å². The predicted octanol–water partition coefficient (Wildman–Crippen LogP) is 6.87. The molecule has 8 rings (SSSR count). The highest BCUT2D eigenvalue weighted by molar-refractivity contribution is 5.95. The first kappa shape index (κ1) is 42.3. The number of rotatable bonds is 12. The van der Waals surface area contributed by atoms with Crippen molar-refractivity contribution < 1.29 is 44.7 Å². The number of pyridine rings is 1. The molecule has 62 heavy (non-hydrogen) atoms. The zero-order valence-electron chi connectivity index (χ0n) is 33.5. The Balaban J connectivity index is 1.07. The Morgan fingerprint density at radius 2 is 1.74 bits per heavy atom. The topological polar surface area (TPSA) is 137 Å². The summed E-state index contributed by atoms with van der Waals surface area (Å²) in [4.78, 5) is 50.8. The fourth-order valence-corrected chi connectivity index (χ4v) is 8.46. The predicted molar refractivity (Wildman–Crippen MR) is 205 cm³/mol. The molecule has 326 valence electrons. The summed E-state index contributed by atoms with van der Waals surface area (Å²) in [6, 6.07) is 4.71. The summed E-state index contributed by atoms with van der Waals surface area (Å²) in [7, 11) is 1.22. The van der Waals surface area contributed by atoms with Gasteiger partial charge in [0.25, 0.3) is 12.0 Å². The summed E-state index contributed by atoms with van der Waals surface area (Å²) in [6.45, 7) is 1.32. The number of benzene rings is 1. The summed E-state index contributed by atoms with van der Waals surface area (Å²) in [6.07, 6.45) is 0.572. The molecule has 0 radical (unpaired) electrons. The number of hydrogen-bond donors (Lipinski definition) is 1. The van der Waals surface area contributed by atoms with Gasteiger partial charge in [-0.15, -0.1) is 0 Å². The van der Waals surface area contributed by atoms with E-state index in [1.807, 2.05) is 0 Å². The molecule has 1 aliphatic carbocycles. The average molecular weight is 871 g/mol. The number of fused-ring (bicyclic) bond motifs is 1. The SMILES string of the molecule is Cc1cn2cc(-c3ccc(C4CC45CCN([C@H](Cc4cnn(C(F)F)c4)C(=O)NC(C)(C)Cn4nc(C(F)(F)F)cc4-c4cc(F)c(=O)n(C)c4)C5=O)c(C(F)F)c3)cnc2n1. The Morgan fingerprint density at radius 3 is 2.42 bits per heavy atom. The van der Waals surface area contributed by atoms with E-state index in [-0.39, 0.29) is 53.8 Å². The van der Waals surface area contributed by atoms with Crippen LogP contribution in [0.1, 0.15) is 73.7 Å². The Kier molecular flexibility index (Phi) is 10.4. The van der Waals surface area contributed by atoms with Gasteiger partial charge in [0, 0.05) is 67.7 Å². The number of likely N-dealkylation sites (tertiary alicyclic amines) is 1. The van der Waals surface area contributed by atoms with Crippen molar-refractivity contribution in [1.82, 2.24) is 48.7 Å². The van der Waals surface area contributed by atoms with Gasteiger partial charge >= 0.3 is 12.7 Å². The van der Waals surface area contributed by atoms with Gasteiger partial charge in [0.2, 0.25) is 17.6 Å². The van der Waals surface area contributed by atoms with Crippen molar-refractivity contribution in [2.75, 3.05) is 6.54 Å². The number of carbonyl (C=O) groups is 2. The van der Waals surface area contributed by atoms with E-state index in [0.717, 1.165) is 39.6 Å². The van der Waals surface area contributed by atoms with Gasteiger partial charge in [-0.1, -0.05) is 12.1 Å². The molecule has 13 nitrogen and oxygen atoms in total. The van der Waals surface area contributed by atoms with Crippen LogP contribution in [0.4, 0.5) is 35.1 Å². The van der Waals surface area contributed by atoms with Crippen LogP contribution >= 0.6 is 0 Å². The minimum atomic E-state index is -4.92. The Bertz CT molecular complexity index is 2760. The summed E-state index contributed by atoms with van der Waals surface area (Å²) < 4.78 is 117. The smallest absolute Gasteiger partial charge is 0.348 e. The molecule has 1 saturated carbocycles. The number of aryl methyl sites for hydroxylation is 2. The summed E-state index contributed by atoms with van der Waals surface area (Å²) in [5, 5.41) is 10.1. The van der Waals surface area contributed by atoms with Gasteiger partial charge in [0.15, 0.2) is 11.5 Å². The van der Waals surface area contributed by atoms with Gasteiger partial charge in [-0.25, -0.2) is 27.8 Å². The first-order valence-electron chi connectivity index (χ1n) is 19.3. The van der Waals surface area contributed by atoms with Crippen LogP contribution in [-0.2, 0) is 35.8 Å². The quantitative estimate of drug-likeness (QED) is 0.133. The maximum absolute atomic E-state index is 14.8. The second kappa shape index (κ2) is 15.2. The maximum atomic E-state index is 14.8. The second-order valence-electron chi connectivity index (χ2n) is 16.5. The molecule has 1 spiro atoms. The number of nitrogens with one attached hydrogen (secondary N) is 1. The Labute approximate surface area is 347 Å². The minimum absolute atomic E-state index is 0.00543. The number of halogens is 8. The van der Waals surface area contributed by atoms with Crippen LogP contribution in [0.3, 0.4) is 0 Å². The van der Waals surface area contributed by atoms with E-state index in [1.165, 1.54) is 38.1 Å². The molecule has 2 fully saturated rings. The summed E-state index contributed by atoms with van der Waals surface area (Å²) in [5.41, 5.74) is -3.28. The number of nitrogens with zero attached hydrogens (tertiary/aromatic N) is 9. The van der Waals surface area contributed by atoms with E-state index in [4.69, 9.17) is 0 Å². The van der Waals surface area contributed by atoms with Crippen LogP contribution in [0, 0.1) is 18.2 Å². The van der Waals surface area contributed by atoms with Crippen LogP contribution in [0.25, 0.3) is 28.2 Å². The zero-order valence-corrected chi connectivity index (χ0v) is 33.5. The fourth-order valence-electron chi connectivity index (χ4n) is 8.46. The number of aromatic nitrogens is 8. The maximum Gasteiger partial charge on any atom is 0.435 e. The van der Waals surface area contributed by atoms with Gasteiger partial charge in [0.05, 0.1) is 35.1 Å². The molecule has 1 N–H and O–H groups in total. The molecule has 0 bridgehead atoms. The van der Waals surface area contributed by atoms with Gasteiger partial charge < -0.3 is 14.8 Å². The van der Waals surface area contributed by atoms with Gasteiger partial charge in [-0.3, -0.25) is 23.5 Å². The van der Waals surface area contributed by atoms with Crippen LogP contribution in [0.5, 0.6) is 0 Å². The Morgan fingerprint density at radius 1 is 0.984 bits per heavy atom.